The zero-order chi connectivity index (χ0) is 13.9. The summed E-state index contributed by atoms with van der Waals surface area (Å²) >= 11 is 11.4. The maximum Gasteiger partial charge on any atom is 0.337 e. The number of ketones is 1. The summed E-state index contributed by atoms with van der Waals surface area (Å²) in [4.78, 5) is 22.4. The van der Waals surface area contributed by atoms with Crippen molar-refractivity contribution in [2.45, 2.75) is 24.3 Å². The molecule has 1 aromatic rings. The molecule has 1 aromatic carbocycles. The number of aliphatic hydroxyl groups is 1. The summed E-state index contributed by atoms with van der Waals surface area (Å²) in [7, 11) is 0. The fourth-order valence-electron chi connectivity index (χ4n) is 1.49. The second-order valence-corrected chi connectivity index (χ2v) is 4.69. The van der Waals surface area contributed by atoms with Gasteiger partial charge in [0.1, 0.15) is 0 Å². The van der Waals surface area contributed by atoms with Crippen molar-refractivity contribution in [1.82, 2.24) is 0 Å². The Labute approximate surface area is 114 Å². The molecule has 1 rings (SSSR count). The number of aliphatic hydroxyl groups excluding tert-OH is 1. The number of carboxylic acids is 1. The van der Waals surface area contributed by atoms with E-state index in [1.165, 1.54) is 18.2 Å². The Morgan fingerprint density at radius 2 is 2.00 bits per heavy atom. The first kappa shape index (κ1) is 15.0. The highest BCUT2D eigenvalue weighted by Gasteiger charge is 2.20. The average molecular weight is 291 g/mol. The molecule has 0 fully saturated rings. The summed E-state index contributed by atoms with van der Waals surface area (Å²) in [6.07, 6.45) is -1.63. The standard InChI is InChI=1S/C12H12Cl2O4/c1-6(14)10(15)9-3-2-7(4-8(9)5-13)11(16)12(17)18/h2-4,6,11,16H,5H2,1H3,(H,17,18). The van der Waals surface area contributed by atoms with E-state index in [2.05, 4.69) is 0 Å². The Hall–Kier alpha value is -1.10. The summed E-state index contributed by atoms with van der Waals surface area (Å²) in [5.41, 5.74) is 0.970. The van der Waals surface area contributed by atoms with E-state index in [0.29, 0.717) is 11.1 Å². The first-order valence-electron chi connectivity index (χ1n) is 5.16. The average Bonchev–Trinajstić information content (AvgIpc) is 2.35. The van der Waals surface area contributed by atoms with Gasteiger partial charge in [-0.1, -0.05) is 18.2 Å². The molecule has 0 aliphatic rings. The zero-order valence-electron chi connectivity index (χ0n) is 9.56. The number of alkyl halides is 2. The molecule has 0 amide bonds. The molecule has 98 valence electrons. The Morgan fingerprint density at radius 1 is 1.39 bits per heavy atom. The minimum absolute atomic E-state index is 0.0326. The first-order chi connectivity index (χ1) is 8.38. The molecule has 0 saturated carbocycles. The summed E-state index contributed by atoms with van der Waals surface area (Å²) < 4.78 is 0. The van der Waals surface area contributed by atoms with Crippen LogP contribution < -0.4 is 0 Å². The van der Waals surface area contributed by atoms with Crippen molar-refractivity contribution in [3.05, 3.63) is 34.9 Å². The second kappa shape index (κ2) is 6.18. The predicted octanol–water partition coefficient (Wildman–Crippen LogP) is 2.35. The van der Waals surface area contributed by atoms with E-state index in [1.807, 2.05) is 0 Å². The molecular formula is C12H12Cl2O4. The molecule has 0 heterocycles. The van der Waals surface area contributed by atoms with Gasteiger partial charge in [-0.05, 0) is 18.1 Å². The summed E-state index contributed by atoms with van der Waals surface area (Å²) in [5, 5.41) is 17.4. The predicted molar refractivity (Wildman–Crippen MR) is 68.2 cm³/mol. The Balaban J connectivity index is 3.19. The molecule has 0 saturated heterocycles. The fourth-order valence-corrected chi connectivity index (χ4v) is 1.83. The van der Waals surface area contributed by atoms with Crippen molar-refractivity contribution >= 4 is 35.0 Å². The molecule has 0 spiro atoms. The number of carboxylic acid groups (broad SMARTS) is 1. The molecule has 0 aliphatic carbocycles. The highest BCUT2D eigenvalue weighted by atomic mass is 35.5. The Morgan fingerprint density at radius 3 is 2.44 bits per heavy atom. The molecule has 6 heteroatoms. The SMILES string of the molecule is CC(Cl)C(=O)c1ccc(C(O)C(=O)O)cc1CCl. The van der Waals surface area contributed by atoms with Gasteiger partial charge < -0.3 is 10.2 Å². The van der Waals surface area contributed by atoms with Crippen molar-refractivity contribution in [3.8, 4) is 0 Å². The van der Waals surface area contributed by atoms with E-state index < -0.39 is 17.5 Å². The largest absolute Gasteiger partial charge is 0.479 e. The summed E-state index contributed by atoms with van der Waals surface area (Å²) in [6.45, 7) is 1.54. The molecular weight excluding hydrogens is 279 g/mol. The number of aliphatic carboxylic acids is 1. The number of hydrogen-bond donors (Lipinski definition) is 2. The lowest BCUT2D eigenvalue weighted by Crippen LogP contribution is -2.15. The van der Waals surface area contributed by atoms with Crippen molar-refractivity contribution in [2.75, 3.05) is 0 Å². The van der Waals surface area contributed by atoms with Crippen molar-refractivity contribution in [1.29, 1.82) is 0 Å². The Kier molecular flexibility index (Phi) is 5.14. The van der Waals surface area contributed by atoms with Crippen LogP contribution in [-0.2, 0) is 10.7 Å². The smallest absolute Gasteiger partial charge is 0.337 e. The maximum atomic E-state index is 11.8. The lowest BCUT2D eigenvalue weighted by atomic mass is 9.98. The van der Waals surface area contributed by atoms with Crippen LogP contribution in [-0.4, -0.2) is 27.3 Å². The van der Waals surface area contributed by atoms with Gasteiger partial charge in [-0.15, -0.1) is 23.2 Å². The van der Waals surface area contributed by atoms with Crippen LogP contribution in [0.25, 0.3) is 0 Å². The van der Waals surface area contributed by atoms with Crippen LogP contribution in [0.4, 0.5) is 0 Å². The number of Topliss-reactive ketones (excluding diaryl/α,β-unsaturated/α-hetero) is 1. The monoisotopic (exact) mass is 290 g/mol. The minimum Gasteiger partial charge on any atom is -0.479 e. The van der Waals surface area contributed by atoms with Crippen molar-refractivity contribution in [3.63, 3.8) is 0 Å². The number of halogens is 2. The van der Waals surface area contributed by atoms with E-state index in [1.54, 1.807) is 6.92 Å². The van der Waals surface area contributed by atoms with E-state index in [-0.39, 0.29) is 17.2 Å². The van der Waals surface area contributed by atoms with Crippen LogP contribution in [0.2, 0.25) is 0 Å². The highest BCUT2D eigenvalue weighted by molar-refractivity contribution is 6.34. The van der Waals surface area contributed by atoms with Crippen LogP contribution in [0.3, 0.4) is 0 Å². The summed E-state index contributed by atoms with van der Waals surface area (Å²) in [6, 6.07) is 4.21. The lowest BCUT2D eigenvalue weighted by Gasteiger charge is -2.12. The van der Waals surface area contributed by atoms with E-state index in [4.69, 9.17) is 28.3 Å². The lowest BCUT2D eigenvalue weighted by molar-refractivity contribution is -0.146. The normalized spacial score (nSPS) is 14.0. The van der Waals surface area contributed by atoms with Gasteiger partial charge in [0.15, 0.2) is 11.9 Å². The van der Waals surface area contributed by atoms with Crippen molar-refractivity contribution in [2.24, 2.45) is 0 Å². The fraction of sp³-hybridized carbons (Fsp3) is 0.333. The van der Waals surface area contributed by atoms with Crippen LogP contribution in [0.5, 0.6) is 0 Å². The molecule has 4 nitrogen and oxygen atoms in total. The maximum absolute atomic E-state index is 11.8. The summed E-state index contributed by atoms with van der Waals surface area (Å²) in [5.74, 6) is -1.62. The molecule has 2 atom stereocenters. The third kappa shape index (κ3) is 3.22. The topological polar surface area (TPSA) is 74.6 Å². The molecule has 0 aromatic heterocycles. The minimum atomic E-state index is -1.63. The first-order valence-corrected chi connectivity index (χ1v) is 6.13. The van der Waals surface area contributed by atoms with E-state index in [9.17, 15) is 14.7 Å². The van der Waals surface area contributed by atoms with Crippen LogP contribution >= 0.6 is 23.2 Å². The van der Waals surface area contributed by atoms with Gasteiger partial charge in [-0.2, -0.15) is 0 Å². The van der Waals surface area contributed by atoms with Gasteiger partial charge in [-0.25, -0.2) is 4.79 Å². The number of carbonyl (C=O) groups is 2. The molecule has 0 aliphatic heterocycles. The third-order valence-electron chi connectivity index (χ3n) is 2.45. The van der Waals surface area contributed by atoms with Gasteiger partial charge in [0.2, 0.25) is 0 Å². The zero-order valence-corrected chi connectivity index (χ0v) is 11.1. The quantitative estimate of drug-likeness (QED) is 0.645. The van der Waals surface area contributed by atoms with Crippen LogP contribution in [0.15, 0.2) is 18.2 Å². The van der Waals surface area contributed by atoms with Gasteiger partial charge in [-0.3, -0.25) is 4.79 Å². The van der Waals surface area contributed by atoms with Crippen LogP contribution in [0, 0.1) is 0 Å². The Bertz CT molecular complexity index is 471. The molecule has 18 heavy (non-hydrogen) atoms. The van der Waals surface area contributed by atoms with Gasteiger partial charge >= 0.3 is 5.97 Å². The number of benzene rings is 1. The number of carbonyl (C=O) groups excluding carboxylic acids is 1. The molecule has 2 N–H and O–H groups in total. The van der Waals surface area contributed by atoms with Gasteiger partial charge in [0, 0.05) is 11.4 Å². The number of hydrogen-bond acceptors (Lipinski definition) is 3. The van der Waals surface area contributed by atoms with Gasteiger partial charge in [0.25, 0.3) is 0 Å². The van der Waals surface area contributed by atoms with E-state index >= 15 is 0 Å². The highest BCUT2D eigenvalue weighted by Crippen LogP contribution is 2.22. The molecule has 0 bridgehead atoms. The second-order valence-electron chi connectivity index (χ2n) is 3.77. The number of rotatable bonds is 5. The van der Waals surface area contributed by atoms with E-state index in [0.717, 1.165) is 0 Å². The van der Waals surface area contributed by atoms with Crippen molar-refractivity contribution < 1.29 is 19.8 Å². The van der Waals surface area contributed by atoms with Crippen LogP contribution in [0.1, 0.15) is 34.5 Å². The molecule has 2 unspecified atom stereocenters. The molecule has 0 radical (unpaired) electrons. The van der Waals surface area contributed by atoms with Gasteiger partial charge in [0.05, 0.1) is 5.38 Å². The third-order valence-corrected chi connectivity index (χ3v) is 2.94.